The minimum atomic E-state index is -0.294. The molecule has 2 aliphatic heterocycles. The normalized spacial score (nSPS) is 17.8. The summed E-state index contributed by atoms with van der Waals surface area (Å²) < 4.78 is 27.7. The molecule has 160 valence electrons. The first-order valence-electron chi connectivity index (χ1n) is 10.4. The molecule has 3 aromatic rings. The Kier molecular flexibility index (Phi) is 5.26. The van der Waals surface area contributed by atoms with E-state index in [4.69, 9.17) is 23.4 Å². The van der Waals surface area contributed by atoms with Crippen molar-refractivity contribution in [3.63, 3.8) is 0 Å². The Balaban J connectivity index is 1.41. The SMILES string of the molecule is COC1(/C=C/COc2ccc3c(-c4ccoc4)c4c(cc3c2)C(=O)OC4)CCOCC1. The largest absolute Gasteiger partial charge is 0.490 e. The summed E-state index contributed by atoms with van der Waals surface area (Å²) in [4.78, 5) is 12.2. The molecule has 0 unspecified atom stereocenters. The second-order valence-corrected chi connectivity index (χ2v) is 7.84. The summed E-state index contributed by atoms with van der Waals surface area (Å²) in [5.74, 6) is 0.442. The smallest absolute Gasteiger partial charge is 0.338 e. The fraction of sp³-hybridized carbons (Fsp3) is 0.320. The maximum atomic E-state index is 12.2. The van der Waals surface area contributed by atoms with Gasteiger partial charge in [0.25, 0.3) is 0 Å². The predicted octanol–water partition coefficient (Wildman–Crippen LogP) is 4.90. The van der Waals surface area contributed by atoms with Gasteiger partial charge in [-0.3, -0.25) is 0 Å². The minimum Gasteiger partial charge on any atom is -0.490 e. The fourth-order valence-corrected chi connectivity index (χ4v) is 4.36. The Morgan fingerprint density at radius 1 is 1.16 bits per heavy atom. The van der Waals surface area contributed by atoms with Gasteiger partial charge >= 0.3 is 5.97 Å². The van der Waals surface area contributed by atoms with E-state index in [0.717, 1.165) is 46.1 Å². The van der Waals surface area contributed by atoms with Crippen molar-refractivity contribution in [3.05, 3.63) is 66.1 Å². The van der Waals surface area contributed by atoms with E-state index in [0.29, 0.717) is 25.4 Å². The lowest BCUT2D eigenvalue weighted by molar-refractivity contribution is -0.0588. The first kappa shape index (κ1) is 19.8. The third-order valence-corrected chi connectivity index (χ3v) is 6.11. The molecule has 1 aromatic heterocycles. The third-order valence-electron chi connectivity index (χ3n) is 6.11. The maximum absolute atomic E-state index is 12.2. The Morgan fingerprint density at radius 3 is 2.81 bits per heavy atom. The summed E-state index contributed by atoms with van der Waals surface area (Å²) in [5, 5.41) is 1.95. The molecule has 0 amide bonds. The molecule has 31 heavy (non-hydrogen) atoms. The summed E-state index contributed by atoms with van der Waals surface area (Å²) in [7, 11) is 1.74. The molecule has 0 atom stereocenters. The number of furan rings is 1. The summed E-state index contributed by atoms with van der Waals surface area (Å²) in [6.07, 6.45) is 9.08. The quantitative estimate of drug-likeness (QED) is 0.417. The summed E-state index contributed by atoms with van der Waals surface area (Å²) in [6.45, 7) is 2.12. The average molecular weight is 420 g/mol. The zero-order valence-electron chi connectivity index (χ0n) is 17.4. The Morgan fingerprint density at radius 2 is 2.03 bits per heavy atom. The van der Waals surface area contributed by atoms with Crippen molar-refractivity contribution < 1.29 is 28.2 Å². The molecule has 1 fully saturated rings. The lowest BCUT2D eigenvalue weighted by Gasteiger charge is -2.33. The second kappa shape index (κ2) is 8.21. The number of fused-ring (bicyclic) bond motifs is 2. The molecular formula is C25H24O6. The van der Waals surface area contributed by atoms with Crippen LogP contribution >= 0.6 is 0 Å². The number of esters is 1. The number of carbonyl (C=O) groups excluding carboxylic acids is 1. The topological polar surface area (TPSA) is 67.1 Å². The van der Waals surface area contributed by atoms with Crippen LogP contribution in [-0.4, -0.2) is 38.5 Å². The highest BCUT2D eigenvalue weighted by molar-refractivity contribution is 6.07. The van der Waals surface area contributed by atoms with Gasteiger partial charge in [-0.2, -0.15) is 0 Å². The van der Waals surface area contributed by atoms with Gasteiger partial charge in [-0.05, 0) is 41.1 Å². The van der Waals surface area contributed by atoms with E-state index in [1.807, 2.05) is 36.4 Å². The van der Waals surface area contributed by atoms with Gasteiger partial charge in [-0.15, -0.1) is 0 Å². The van der Waals surface area contributed by atoms with Crippen molar-refractivity contribution in [3.8, 4) is 16.9 Å². The van der Waals surface area contributed by atoms with Crippen molar-refractivity contribution in [1.29, 1.82) is 0 Å². The Labute approximate surface area is 180 Å². The van der Waals surface area contributed by atoms with E-state index in [9.17, 15) is 4.79 Å². The van der Waals surface area contributed by atoms with Crippen LogP contribution in [0.25, 0.3) is 21.9 Å². The molecule has 5 rings (SSSR count). The number of carbonyl (C=O) groups is 1. The number of methoxy groups -OCH3 is 1. The summed E-state index contributed by atoms with van der Waals surface area (Å²) in [6, 6.07) is 9.71. The van der Waals surface area contributed by atoms with Crippen molar-refractivity contribution in [1.82, 2.24) is 0 Å². The van der Waals surface area contributed by atoms with Crippen LogP contribution < -0.4 is 4.74 Å². The number of hydrogen-bond donors (Lipinski definition) is 0. The molecule has 0 bridgehead atoms. The van der Waals surface area contributed by atoms with Gasteiger partial charge < -0.3 is 23.4 Å². The molecule has 1 saturated heterocycles. The molecule has 3 heterocycles. The molecule has 0 saturated carbocycles. The van der Waals surface area contributed by atoms with Gasteiger partial charge in [0.2, 0.25) is 0 Å². The van der Waals surface area contributed by atoms with Gasteiger partial charge in [-0.25, -0.2) is 4.79 Å². The van der Waals surface area contributed by atoms with Crippen molar-refractivity contribution >= 4 is 16.7 Å². The van der Waals surface area contributed by atoms with Gasteiger partial charge in [0.1, 0.15) is 19.0 Å². The molecular weight excluding hydrogens is 396 g/mol. The number of ether oxygens (including phenoxy) is 4. The van der Waals surface area contributed by atoms with E-state index in [1.165, 1.54) is 0 Å². The lowest BCUT2D eigenvalue weighted by atomic mass is 9.92. The standard InChI is InChI=1S/C25H24O6/c1-27-25(7-11-28-12-8-25)6-2-9-30-19-3-4-20-18(13-19)14-21-22(16-31-24(21)26)23(20)17-5-10-29-15-17/h2-6,10,13-15H,7-9,11-12,16H2,1H3/b6-2+. The van der Waals surface area contributed by atoms with Gasteiger partial charge in [-0.1, -0.05) is 12.1 Å². The first-order valence-corrected chi connectivity index (χ1v) is 10.4. The molecule has 6 nitrogen and oxygen atoms in total. The third kappa shape index (κ3) is 3.73. The van der Waals surface area contributed by atoms with E-state index in [2.05, 4.69) is 6.08 Å². The van der Waals surface area contributed by atoms with Crippen LogP contribution in [0, 0.1) is 0 Å². The number of benzene rings is 2. The second-order valence-electron chi connectivity index (χ2n) is 7.84. The van der Waals surface area contributed by atoms with Crippen molar-refractivity contribution in [2.24, 2.45) is 0 Å². The van der Waals surface area contributed by atoms with Crippen LogP contribution in [0.5, 0.6) is 5.75 Å². The summed E-state index contributed by atoms with van der Waals surface area (Å²) in [5.41, 5.74) is 3.13. The molecule has 6 heteroatoms. The molecule has 2 aromatic carbocycles. The van der Waals surface area contributed by atoms with Crippen molar-refractivity contribution in [2.45, 2.75) is 25.0 Å². The maximum Gasteiger partial charge on any atom is 0.338 e. The molecule has 0 radical (unpaired) electrons. The molecule has 0 spiro atoms. The van der Waals surface area contributed by atoms with Crippen LogP contribution in [0.4, 0.5) is 0 Å². The average Bonchev–Trinajstić information content (AvgIpc) is 3.46. The summed E-state index contributed by atoms with van der Waals surface area (Å²) >= 11 is 0. The van der Waals surface area contributed by atoms with Crippen molar-refractivity contribution in [2.75, 3.05) is 26.9 Å². The predicted molar refractivity (Wildman–Crippen MR) is 115 cm³/mol. The zero-order chi connectivity index (χ0) is 21.3. The van der Waals surface area contributed by atoms with Crippen LogP contribution in [0.2, 0.25) is 0 Å². The lowest BCUT2D eigenvalue weighted by Crippen LogP contribution is -2.36. The Hall–Kier alpha value is -3.09. The van der Waals surface area contributed by atoms with E-state index < -0.39 is 0 Å². The highest BCUT2D eigenvalue weighted by atomic mass is 16.5. The van der Waals surface area contributed by atoms with E-state index in [-0.39, 0.29) is 18.2 Å². The minimum absolute atomic E-state index is 0.272. The zero-order valence-corrected chi connectivity index (χ0v) is 17.4. The molecule has 0 aliphatic carbocycles. The number of rotatable bonds is 6. The van der Waals surface area contributed by atoms with Gasteiger partial charge in [0.15, 0.2) is 0 Å². The van der Waals surface area contributed by atoms with Crippen LogP contribution in [0.3, 0.4) is 0 Å². The van der Waals surface area contributed by atoms with E-state index in [1.54, 1.807) is 19.6 Å². The van der Waals surface area contributed by atoms with E-state index >= 15 is 0 Å². The molecule has 2 aliphatic rings. The van der Waals surface area contributed by atoms with Crippen LogP contribution in [-0.2, 0) is 20.8 Å². The monoisotopic (exact) mass is 420 g/mol. The van der Waals surface area contributed by atoms with Crippen LogP contribution in [0.15, 0.2) is 59.4 Å². The highest BCUT2D eigenvalue weighted by Gasteiger charge is 2.29. The Bertz CT molecular complexity index is 1120. The fourth-order valence-electron chi connectivity index (χ4n) is 4.36. The van der Waals surface area contributed by atoms with Gasteiger partial charge in [0, 0.05) is 49.9 Å². The molecule has 0 N–H and O–H groups in total. The highest BCUT2D eigenvalue weighted by Crippen LogP contribution is 2.39. The van der Waals surface area contributed by atoms with Gasteiger partial charge in [0.05, 0.1) is 23.7 Å². The number of cyclic esters (lactones) is 1. The van der Waals surface area contributed by atoms with Crippen LogP contribution in [0.1, 0.15) is 28.8 Å². The first-order chi connectivity index (χ1) is 15.2. The number of hydrogen-bond acceptors (Lipinski definition) is 6.